The number of anilines is 1. The molecule has 110 valence electrons. The van der Waals surface area contributed by atoms with E-state index in [4.69, 9.17) is 4.74 Å². The van der Waals surface area contributed by atoms with Gasteiger partial charge in [0.05, 0.1) is 0 Å². The van der Waals surface area contributed by atoms with Crippen LogP contribution in [-0.4, -0.2) is 31.4 Å². The van der Waals surface area contributed by atoms with Crippen LogP contribution in [0.5, 0.6) is 5.75 Å². The Morgan fingerprint density at radius 1 is 1.35 bits per heavy atom. The van der Waals surface area contributed by atoms with Crippen molar-refractivity contribution in [2.45, 2.75) is 25.1 Å². The molecule has 1 aromatic carbocycles. The Bertz CT molecular complexity index is 453. The summed E-state index contributed by atoms with van der Waals surface area (Å²) in [7, 11) is 0. The Labute approximate surface area is 113 Å². The van der Waals surface area contributed by atoms with Crippen LogP contribution in [0.4, 0.5) is 18.9 Å². The number of nitrogens with one attached hydrogen (secondary N) is 1. The molecule has 2 rings (SSSR count). The number of halogens is 3. The number of ether oxygens (including phenoxy) is 2. The van der Waals surface area contributed by atoms with Crippen LogP contribution in [0.15, 0.2) is 24.3 Å². The lowest BCUT2D eigenvalue weighted by Crippen LogP contribution is -2.26. The van der Waals surface area contributed by atoms with Gasteiger partial charge in [-0.05, 0) is 37.1 Å². The van der Waals surface area contributed by atoms with Gasteiger partial charge in [-0.3, -0.25) is 4.79 Å². The molecule has 1 aliphatic rings. The Balaban J connectivity index is 1.86. The molecule has 4 nitrogen and oxygen atoms in total. The lowest BCUT2D eigenvalue weighted by atomic mass is 10.2. The van der Waals surface area contributed by atoms with Crippen molar-refractivity contribution in [1.82, 2.24) is 0 Å². The molecule has 1 fully saturated rings. The van der Waals surface area contributed by atoms with E-state index in [2.05, 4.69) is 10.1 Å². The van der Waals surface area contributed by atoms with E-state index < -0.39 is 18.9 Å². The van der Waals surface area contributed by atoms with Gasteiger partial charge in [0.1, 0.15) is 11.9 Å². The number of amides is 1. The summed E-state index contributed by atoms with van der Waals surface area (Å²) in [5.41, 5.74) is 0.491. The molecule has 1 aliphatic heterocycles. The molecule has 1 saturated heterocycles. The van der Waals surface area contributed by atoms with E-state index in [1.165, 1.54) is 24.3 Å². The Kier molecular flexibility index (Phi) is 4.49. The van der Waals surface area contributed by atoms with Gasteiger partial charge in [0, 0.05) is 12.3 Å². The lowest BCUT2D eigenvalue weighted by Gasteiger charge is -2.12. The monoisotopic (exact) mass is 289 g/mol. The highest BCUT2D eigenvalue weighted by atomic mass is 19.4. The minimum Gasteiger partial charge on any atom is -0.484 e. The second-order valence-electron chi connectivity index (χ2n) is 4.42. The van der Waals surface area contributed by atoms with Gasteiger partial charge in [-0.15, -0.1) is 0 Å². The van der Waals surface area contributed by atoms with Crippen molar-refractivity contribution in [3.63, 3.8) is 0 Å². The molecule has 0 bridgehead atoms. The zero-order valence-corrected chi connectivity index (χ0v) is 10.6. The van der Waals surface area contributed by atoms with Gasteiger partial charge in [0.15, 0.2) is 6.61 Å². The fourth-order valence-electron chi connectivity index (χ4n) is 1.81. The smallest absolute Gasteiger partial charge is 0.422 e. The van der Waals surface area contributed by atoms with Crippen LogP contribution in [0.3, 0.4) is 0 Å². The molecule has 1 amide bonds. The minimum absolute atomic E-state index is 0.0949. The summed E-state index contributed by atoms with van der Waals surface area (Å²) in [6.07, 6.45) is -3.29. The number of alkyl halides is 3. The minimum atomic E-state index is -4.37. The van der Waals surface area contributed by atoms with E-state index in [-0.39, 0.29) is 11.7 Å². The van der Waals surface area contributed by atoms with E-state index >= 15 is 0 Å². The number of benzene rings is 1. The number of carbonyl (C=O) groups excluding carboxylic acids is 1. The van der Waals surface area contributed by atoms with E-state index in [1.54, 1.807) is 0 Å². The Morgan fingerprint density at radius 3 is 2.60 bits per heavy atom. The van der Waals surface area contributed by atoms with Crippen LogP contribution in [0, 0.1) is 0 Å². The number of hydrogen-bond acceptors (Lipinski definition) is 3. The molecular weight excluding hydrogens is 275 g/mol. The van der Waals surface area contributed by atoms with Crippen LogP contribution < -0.4 is 10.1 Å². The molecule has 20 heavy (non-hydrogen) atoms. The summed E-state index contributed by atoms with van der Waals surface area (Å²) in [6.45, 7) is -0.767. The second-order valence-corrected chi connectivity index (χ2v) is 4.42. The topological polar surface area (TPSA) is 47.6 Å². The van der Waals surface area contributed by atoms with Gasteiger partial charge in [-0.2, -0.15) is 13.2 Å². The van der Waals surface area contributed by atoms with Crippen molar-refractivity contribution in [3.05, 3.63) is 24.3 Å². The predicted octanol–water partition coefficient (Wildman–Crippen LogP) is 2.75. The average Bonchev–Trinajstić information content (AvgIpc) is 2.91. The van der Waals surface area contributed by atoms with Crippen molar-refractivity contribution in [3.8, 4) is 5.75 Å². The summed E-state index contributed by atoms with van der Waals surface area (Å²) in [4.78, 5) is 11.7. The molecule has 0 spiro atoms. The fourth-order valence-corrected chi connectivity index (χ4v) is 1.81. The zero-order valence-electron chi connectivity index (χ0n) is 10.6. The molecular formula is C13H14F3NO3. The molecule has 0 aromatic heterocycles. The van der Waals surface area contributed by atoms with Gasteiger partial charge in [-0.25, -0.2) is 0 Å². The van der Waals surface area contributed by atoms with E-state index in [9.17, 15) is 18.0 Å². The first kappa shape index (κ1) is 14.6. The summed E-state index contributed by atoms with van der Waals surface area (Å²) in [6, 6.07) is 5.71. The van der Waals surface area contributed by atoms with E-state index in [0.717, 1.165) is 6.42 Å². The maximum Gasteiger partial charge on any atom is 0.422 e. The van der Waals surface area contributed by atoms with Crippen LogP contribution in [-0.2, 0) is 9.53 Å². The first-order valence-corrected chi connectivity index (χ1v) is 6.16. The summed E-state index contributed by atoms with van der Waals surface area (Å²) in [5, 5.41) is 2.64. The SMILES string of the molecule is O=C(Nc1ccc(OCC(F)(F)F)cc1)C1CCCO1. The zero-order chi connectivity index (χ0) is 14.6. The molecule has 1 N–H and O–H groups in total. The molecule has 1 heterocycles. The maximum atomic E-state index is 12.0. The maximum absolute atomic E-state index is 12.0. The standard InChI is InChI=1S/C13H14F3NO3/c14-13(15,16)8-20-10-5-3-9(4-6-10)17-12(18)11-2-1-7-19-11/h3-6,11H,1-2,7-8H2,(H,17,18). The third kappa shape index (κ3) is 4.41. The van der Waals surface area contributed by atoms with Gasteiger partial charge >= 0.3 is 6.18 Å². The van der Waals surface area contributed by atoms with Gasteiger partial charge < -0.3 is 14.8 Å². The van der Waals surface area contributed by atoms with Crippen LogP contribution >= 0.6 is 0 Å². The van der Waals surface area contributed by atoms with Crippen LogP contribution in [0.2, 0.25) is 0 Å². The normalized spacial score (nSPS) is 18.9. The predicted molar refractivity (Wildman–Crippen MR) is 65.6 cm³/mol. The largest absolute Gasteiger partial charge is 0.484 e. The summed E-state index contributed by atoms with van der Waals surface area (Å²) in [5.74, 6) is -0.149. The quantitative estimate of drug-likeness (QED) is 0.927. The fraction of sp³-hybridized carbons (Fsp3) is 0.462. The van der Waals surface area contributed by atoms with E-state index in [0.29, 0.717) is 18.7 Å². The first-order valence-electron chi connectivity index (χ1n) is 6.16. The van der Waals surface area contributed by atoms with Crippen molar-refractivity contribution < 1.29 is 27.4 Å². The molecule has 1 unspecified atom stereocenters. The first-order chi connectivity index (χ1) is 9.44. The third-order valence-corrected chi connectivity index (χ3v) is 2.75. The molecule has 0 saturated carbocycles. The van der Waals surface area contributed by atoms with Gasteiger partial charge in [-0.1, -0.05) is 0 Å². The van der Waals surface area contributed by atoms with Crippen molar-refractivity contribution in [2.75, 3.05) is 18.5 Å². The number of hydrogen-bond donors (Lipinski definition) is 1. The summed E-state index contributed by atoms with van der Waals surface area (Å²) >= 11 is 0. The van der Waals surface area contributed by atoms with Crippen molar-refractivity contribution in [2.24, 2.45) is 0 Å². The van der Waals surface area contributed by atoms with Crippen LogP contribution in [0.1, 0.15) is 12.8 Å². The lowest BCUT2D eigenvalue weighted by molar-refractivity contribution is -0.153. The highest BCUT2D eigenvalue weighted by Gasteiger charge is 2.28. The van der Waals surface area contributed by atoms with Gasteiger partial charge in [0.2, 0.25) is 0 Å². The highest BCUT2D eigenvalue weighted by molar-refractivity contribution is 5.94. The Morgan fingerprint density at radius 2 is 2.05 bits per heavy atom. The third-order valence-electron chi connectivity index (χ3n) is 2.75. The molecule has 1 aromatic rings. The summed E-state index contributed by atoms with van der Waals surface area (Å²) < 4.78 is 45.7. The second kappa shape index (κ2) is 6.13. The number of rotatable bonds is 4. The number of carbonyl (C=O) groups is 1. The molecule has 0 aliphatic carbocycles. The van der Waals surface area contributed by atoms with Gasteiger partial charge in [0.25, 0.3) is 5.91 Å². The average molecular weight is 289 g/mol. The molecule has 1 atom stereocenters. The van der Waals surface area contributed by atoms with Crippen molar-refractivity contribution in [1.29, 1.82) is 0 Å². The van der Waals surface area contributed by atoms with Crippen molar-refractivity contribution >= 4 is 11.6 Å². The van der Waals surface area contributed by atoms with Crippen LogP contribution in [0.25, 0.3) is 0 Å². The molecule has 7 heteroatoms. The molecule has 0 radical (unpaired) electrons. The highest BCUT2D eigenvalue weighted by Crippen LogP contribution is 2.21. The Hall–Kier alpha value is -1.76. The van der Waals surface area contributed by atoms with E-state index in [1.807, 2.05) is 0 Å².